The standard InChI is InChI=1S/C16H16N4O4/c1-20-9-11(10-4-2-3-5-12(10)20)13(21)8-17-15(22)16(23)18-14-6-7-24-19-14/h2-7,9,13,21H,8H2,1H3,(H,17,22)(H,18,19,23). The molecule has 2 amide bonds. The summed E-state index contributed by atoms with van der Waals surface area (Å²) in [6.45, 7) is -0.0842. The van der Waals surface area contributed by atoms with Crippen LogP contribution in [0.5, 0.6) is 0 Å². The molecule has 1 atom stereocenters. The fraction of sp³-hybridized carbons (Fsp3) is 0.188. The van der Waals surface area contributed by atoms with Crippen LogP contribution < -0.4 is 10.6 Å². The van der Waals surface area contributed by atoms with Gasteiger partial charge in [0.25, 0.3) is 0 Å². The third-order valence-corrected chi connectivity index (χ3v) is 3.63. The van der Waals surface area contributed by atoms with Crippen molar-refractivity contribution in [1.29, 1.82) is 0 Å². The summed E-state index contributed by atoms with van der Waals surface area (Å²) in [4.78, 5) is 23.5. The van der Waals surface area contributed by atoms with Gasteiger partial charge in [-0.05, 0) is 6.07 Å². The minimum absolute atomic E-state index is 0.0842. The lowest BCUT2D eigenvalue weighted by atomic mass is 10.1. The van der Waals surface area contributed by atoms with Crippen molar-refractivity contribution in [3.8, 4) is 0 Å². The van der Waals surface area contributed by atoms with E-state index in [0.29, 0.717) is 5.56 Å². The lowest BCUT2D eigenvalue weighted by molar-refractivity contribution is -0.136. The average molecular weight is 328 g/mol. The number of para-hydroxylation sites is 1. The van der Waals surface area contributed by atoms with Crippen LogP contribution >= 0.6 is 0 Å². The van der Waals surface area contributed by atoms with Crippen LogP contribution in [-0.4, -0.2) is 33.2 Å². The molecule has 1 unspecified atom stereocenters. The Kier molecular flexibility index (Phi) is 4.30. The second-order valence-electron chi connectivity index (χ2n) is 5.28. The topological polar surface area (TPSA) is 109 Å². The molecule has 0 aliphatic rings. The van der Waals surface area contributed by atoms with Gasteiger partial charge in [-0.25, -0.2) is 0 Å². The van der Waals surface area contributed by atoms with Crippen molar-refractivity contribution in [1.82, 2.24) is 15.0 Å². The Morgan fingerprint density at radius 1 is 1.29 bits per heavy atom. The highest BCUT2D eigenvalue weighted by Gasteiger charge is 2.19. The minimum atomic E-state index is -0.931. The van der Waals surface area contributed by atoms with Gasteiger partial charge in [0, 0.05) is 42.3 Å². The first-order chi connectivity index (χ1) is 11.6. The molecule has 3 N–H and O–H groups in total. The van der Waals surface area contributed by atoms with Gasteiger partial charge in [-0.1, -0.05) is 23.4 Å². The van der Waals surface area contributed by atoms with E-state index in [9.17, 15) is 14.7 Å². The van der Waals surface area contributed by atoms with Gasteiger partial charge in [0.1, 0.15) is 6.26 Å². The molecule has 0 bridgehead atoms. The quantitative estimate of drug-likeness (QED) is 0.618. The van der Waals surface area contributed by atoms with E-state index in [1.54, 1.807) is 6.20 Å². The molecule has 0 aliphatic heterocycles. The van der Waals surface area contributed by atoms with Crippen molar-refractivity contribution in [2.24, 2.45) is 7.05 Å². The van der Waals surface area contributed by atoms with Crippen LogP contribution in [-0.2, 0) is 16.6 Å². The van der Waals surface area contributed by atoms with E-state index in [-0.39, 0.29) is 12.4 Å². The first-order valence-corrected chi connectivity index (χ1v) is 7.28. The van der Waals surface area contributed by atoms with Crippen LogP contribution in [0.25, 0.3) is 10.9 Å². The number of anilines is 1. The highest BCUT2D eigenvalue weighted by molar-refractivity contribution is 6.39. The van der Waals surface area contributed by atoms with Crippen molar-refractivity contribution < 1.29 is 19.2 Å². The summed E-state index contributed by atoms with van der Waals surface area (Å²) in [7, 11) is 1.88. The number of carbonyl (C=O) groups excluding carboxylic acids is 2. The highest BCUT2D eigenvalue weighted by Crippen LogP contribution is 2.25. The maximum absolute atomic E-state index is 11.8. The molecule has 8 nitrogen and oxygen atoms in total. The molecular weight excluding hydrogens is 312 g/mol. The van der Waals surface area contributed by atoms with E-state index < -0.39 is 17.9 Å². The number of amides is 2. The predicted octanol–water partition coefficient (Wildman–Crippen LogP) is 0.955. The zero-order chi connectivity index (χ0) is 17.1. The first kappa shape index (κ1) is 15.8. The number of fused-ring (bicyclic) bond motifs is 1. The lowest BCUT2D eigenvalue weighted by Gasteiger charge is -2.11. The van der Waals surface area contributed by atoms with Gasteiger partial charge in [0.05, 0.1) is 6.10 Å². The predicted molar refractivity (Wildman–Crippen MR) is 86.0 cm³/mol. The van der Waals surface area contributed by atoms with E-state index in [0.717, 1.165) is 10.9 Å². The number of benzene rings is 1. The smallest absolute Gasteiger partial charge is 0.314 e. The Balaban J connectivity index is 1.63. The molecule has 1 aromatic carbocycles. The van der Waals surface area contributed by atoms with Crippen molar-refractivity contribution in [3.63, 3.8) is 0 Å². The van der Waals surface area contributed by atoms with Crippen LogP contribution in [0.3, 0.4) is 0 Å². The molecule has 3 aromatic rings. The van der Waals surface area contributed by atoms with E-state index in [1.807, 2.05) is 35.9 Å². The van der Waals surface area contributed by atoms with Gasteiger partial charge in [-0.15, -0.1) is 0 Å². The molecular formula is C16H16N4O4. The summed E-state index contributed by atoms with van der Waals surface area (Å²) in [5, 5.41) is 19.4. The van der Waals surface area contributed by atoms with Crippen LogP contribution in [0.1, 0.15) is 11.7 Å². The van der Waals surface area contributed by atoms with Crippen LogP contribution in [0, 0.1) is 0 Å². The number of carbonyl (C=O) groups is 2. The number of hydrogen-bond donors (Lipinski definition) is 3. The number of nitrogens with one attached hydrogen (secondary N) is 2. The second-order valence-corrected chi connectivity index (χ2v) is 5.28. The molecule has 0 radical (unpaired) electrons. The molecule has 3 rings (SSSR count). The molecule has 8 heteroatoms. The van der Waals surface area contributed by atoms with Gasteiger partial charge >= 0.3 is 11.8 Å². The van der Waals surface area contributed by atoms with E-state index in [2.05, 4.69) is 20.3 Å². The number of aryl methyl sites for hydroxylation is 1. The number of aliphatic hydroxyl groups excluding tert-OH is 1. The maximum Gasteiger partial charge on any atom is 0.314 e. The molecule has 0 spiro atoms. The van der Waals surface area contributed by atoms with Crippen molar-refractivity contribution in [2.45, 2.75) is 6.10 Å². The summed E-state index contributed by atoms with van der Waals surface area (Å²) in [5.74, 6) is -1.60. The Hall–Kier alpha value is -3.13. The Morgan fingerprint density at radius 2 is 2.08 bits per heavy atom. The Labute approximate surface area is 137 Å². The van der Waals surface area contributed by atoms with Gasteiger partial charge in [0.2, 0.25) is 0 Å². The summed E-state index contributed by atoms with van der Waals surface area (Å²) in [5.41, 5.74) is 1.66. The normalized spacial score (nSPS) is 12.1. The zero-order valence-corrected chi connectivity index (χ0v) is 12.9. The van der Waals surface area contributed by atoms with Gasteiger partial charge in [-0.3, -0.25) is 14.9 Å². The summed E-state index contributed by atoms with van der Waals surface area (Å²) in [6, 6.07) is 9.04. The van der Waals surface area contributed by atoms with Crippen molar-refractivity contribution >= 4 is 28.5 Å². The second kappa shape index (κ2) is 6.55. The fourth-order valence-electron chi connectivity index (χ4n) is 2.47. The first-order valence-electron chi connectivity index (χ1n) is 7.28. The Bertz CT molecular complexity index is 869. The van der Waals surface area contributed by atoms with Crippen LogP contribution in [0.2, 0.25) is 0 Å². The SMILES string of the molecule is Cn1cc(C(O)CNC(=O)C(=O)Nc2ccon2)c2ccccc21. The average Bonchev–Trinajstić information content (AvgIpc) is 3.21. The van der Waals surface area contributed by atoms with Crippen LogP contribution in [0.4, 0.5) is 5.82 Å². The zero-order valence-electron chi connectivity index (χ0n) is 12.9. The molecule has 0 aliphatic carbocycles. The minimum Gasteiger partial charge on any atom is -0.386 e. The highest BCUT2D eigenvalue weighted by atomic mass is 16.5. The fourth-order valence-corrected chi connectivity index (χ4v) is 2.47. The van der Waals surface area contributed by atoms with E-state index >= 15 is 0 Å². The number of aromatic nitrogens is 2. The van der Waals surface area contributed by atoms with Crippen molar-refractivity contribution in [3.05, 3.63) is 48.4 Å². The van der Waals surface area contributed by atoms with E-state index in [4.69, 9.17) is 0 Å². The van der Waals surface area contributed by atoms with E-state index in [1.165, 1.54) is 12.3 Å². The lowest BCUT2D eigenvalue weighted by Crippen LogP contribution is -2.37. The monoisotopic (exact) mass is 328 g/mol. The van der Waals surface area contributed by atoms with Gasteiger partial charge in [-0.2, -0.15) is 0 Å². The molecule has 24 heavy (non-hydrogen) atoms. The van der Waals surface area contributed by atoms with Gasteiger partial charge in [0.15, 0.2) is 5.82 Å². The number of aliphatic hydroxyl groups is 1. The number of rotatable bonds is 4. The molecule has 0 fully saturated rings. The third-order valence-electron chi connectivity index (χ3n) is 3.63. The molecule has 0 saturated carbocycles. The largest absolute Gasteiger partial charge is 0.386 e. The third kappa shape index (κ3) is 3.13. The molecule has 2 aromatic heterocycles. The van der Waals surface area contributed by atoms with Gasteiger partial charge < -0.3 is 19.5 Å². The number of nitrogens with zero attached hydrogens (tertiary/aromatic N) is 2. The molecule has 0 saturated heterocycles. The maximum atomic E-state index is 11.8. The summed E-state index contributed by atoms with van der Waals surface area (Å²) in [6.07, 6.45) is 2.15. The molecule has 2 heterocycles. The number of hydrogen-bond acceptors (Lipinski definition) is 5. The summed E-state index contributed by atoms with van der Waals surface area (Å²) >= 11 is 0. The Morgan fingerprint density at radius 3 is 2.83 bits per heavy atom. The van der Waals surface area contributed by atoms with Crippen LogP contribution in [0.15, 0.2) is 47.3 Å². The molecule has 124 valence electrons. The van der Waals surface area contributed by atoms with Crippen molar-refractivity contribution in [2.75, 3.05) is 11.9 Å². The summed E-state index contributed by atoms with van der Waals surface area (Å²) < 4.78 is 6.45.